The SMILES string of the molecule is COc1ccccc1-c1ccc(N2CCN(C(=O)Nc3ccc(C)c(Cl)c3)CC2)nn1. The number of hydrogen-bond acceptors (Lipinski definition) is 5. The van der Waals surface area contributed by atoms with E-state index < -0.39 is 0 Å². The zero-order valence-electron chi connectivity index (χ0n) is 17.5. The smallest absolute Gasteiger partial charge is 0.321 e. The molecule has 7 nitrogen and oxygen atoms in total. The van der Waals surface area contributed by atoms with Crippen LogP contribution in [0.1, 0.15) is 5.56 Å². The number of nitrogens with zero attached hydrogens (tertiary/aromatic N) is 4. The van der Waals surface area contributed by atoms with Crippen molar-refractivity contribution in [1.82, 2.24) is 15.1 Å². The summed E-state index contributed by atoms with van der Waals surface area (Å²) >= 11 is 6.15. The van der Waals surface area contributed by atoms with Crippen molar-refractivity contribution in [2.75, 3.05) is 43.5 Å². The molecule has 0 saturated carbocycles. The minimum Gasteiger partial charge on any atom is -0.496 e. The average Bonchev–Trinajstić information content (AvgIpc) is 2.81. The lowest BCUT2D eigenvalue weighted by Gasteiger charge is -2.35. The number of carbonyl (C=O) groups excluding carboxylic acids is 1. The highest BCUT2D eigenvalue weighted by molar-refractivity contribution is 6.31. The number of hydrogen-bond donors (Lipinski definition) is 1. The largest absolute Gasteiger partial charge is 0.496 e. The lowest BCUT2D eigenvalue weighted by molar-refractivity contribution is 0.208. The average molecular weight is 438 g/mol. The number of carbonyl (C=O) groups is 1. The second-order valence-corrected chi connectivity index (χ2v) is 7.75. The Bertz CT molecular complexity index is 1070. The Balaban J connectivity index is 1.36. The molecule has 2 heterocycles. The van der Waals surface area contributed by atoms with E-state index in [1.54, 1.807) is 18.1 Å². The van der Waals surface area contributed by atoms with Gasteiger partial charge in [-0.25, -0.2) is 4.79 Å². The lowest BCUT2D eigenvalue weighted by Crippen LogP contribution is -2.50. The summed E-state index contributed by atoms with van der Waals surface area (Å²) in [5.41, 5.74) is 3.34. The molecule has 3 aromatic rings. The highest BCUT2D eigenvalue weighted by Gasteiger charge is 2.22. The molecule has 8 heteroatoms. The Labute approximate surface area is 186 Å². The Morgan fingerprint density at radius 2 is 1.81 bits per heavy atom. The number of rotatable bonds is 4. The third-order valence-electron chi connectivity index (χ3n) is 5.35. The van der Waals surface area contributed by atoms with Gasteiger partial charge in [-0.2, -0.15) is 0 Å². The first kappa shape index (κ1) is 20.9. The maximum atomic E-state index is 12.6. The van der Waals surface area contributed by atoms with Crippen LogP contribution in [0.4, 0.5) is 16.3 Å². The van der Waals surface area contributed by atoms with Crippen molar-refractivity contribution in [3.63, 3.8) is 0 Å². The molecule has 2 aromatic carbocycles. The van der Waals surface area contributed by atoms with Crippen LogP contribution < -0.4 is 15.0 Å². The van der Waals surface area contributed by atoms with Crippen LogP contribution in [-0.2, 0) is 0 Å². The van der Waals surface area contributed by atoms with Gasteiger partial charge in [-0.1, -0.05) is 29.8 Å². The third-order valence-corrected chi connectivity index (χ3v) is 5.75. The van der Waals surface area contributed by atoms with Crippen LogP contribution in [0.15, 0.2) is 54.6 Å². The molecule has 1 N–H and O–H groups in total. The Morgan fingerprint density at radius 1 is 1.03 bits per heavy atom. The molecule has 1 aliphatic rings. The van der Waals surface area contributed by atoms with Crippen LogP contribution in [0, 0.1) is 6.92 Å². The maximum Gasteiger partial charge on any atom is 0.321 e. The Hall–Kier alpha value is -3.32. The highest BCUT2D eigenvalue weighted by Crippen LogP contribution is 2.28. The Morgan fingerprint density at radius 3 is 2.48 bits per heavy atom. The van der Waals surface area contributed by atoms with E-state index in [-0.39, 0.29) is 6.03 Å². The van der Waals surface area contributed by atoms with Crippen LogP contribution in [0.5, 0.6) is 5.75 Å². The van der Waals surface area contributed by atoms with E-state index >= 15 is 0 Å². The summed E-state index contributed by atoms with van der Waals surface area (Å²) in [7, 11) is 1.64. The van der Waals surface area contributed by atoms with Gasteiger partial charge in [0.15, 0.2) is 5.82 Å². The molecule has 0 aliphatic carbocycles. The number of amides is 2. The van der Waals surface area contributed by atoms with Crippen molar-refractivity contribution in [1.29, 1.82) is 0 Å². The van der Waals surface area contributed by atoms with Gasteiger partial charge in [-0.05, 0) is 48.9 Å². The number of benzene rings is 2. The summed E-state index contributed by atoms with van der Waals surface area (Å²) in [4.78, 5) is 16.5. The predicted molar refractivity (Wildman–Crippen MR) is 123 cm³/mol. The lowest BCUT2D eigenvalue weighted by atomic mass is 10.1. The minimum atomic E-state index is -0.128. The van der Waals surface area contributed by atoms with Gasteiger partial charge in [0.1, 0.15) is 5.75 Å². The molecule has 0 spiro atoms. The summed E-state index contributed by atoms with van der Waals surface area (Å²) in [5, 5.41) is 12.3. The van der Waals surface area contributed by atoms with Gasteiger partial charge in [0.2, 0.25) is 0 Å². The maximum absolute atomic E-state index is 12.6. The Kier molecular flexibility index (Phi) is 6.23. The van der Waals surface area contributed by atoms with Crippen molar-refractivity contribution >= 4 is 29.1 Å². The van der Waals surface area contributed by atoms with E-state index in [2.05, 4.69) is 20.4 Å². The normalized spacial score (nSPS) is 13.8. The number of urea groups is 1. The highest BCUT2D eigenvalue weighted by atomic mass is 35.5. The van der Waals surface area contributed by atoms with E-state index in [4.69, 9.17) is 16.3 Å². The van der Waals surface area contributed by atoms with Gasteiger partial charge in [0, 0.05) is 42.5 Å². The molecular weight excluding hydrogens is 414 g/mol. The molecule has 160 valence electrons. The van der Waals surface area contributed by atoms with Crippen LogP contribution in [0.2, 0.25) is 5.02 Å². The molecule has 1 aromatic heterocycles. The summed E-state index contributed by atoms with van der Waals surface area (Å²) < 4.78 is 5.41. The quantitative estimate of drug-likeness (QED) is 0.652. The first-order chi connectivity index (χ1) is 15.0. The number of nitrogens with one attached hydrogen (secondary N) is 1. The van der Waals surface area contributed by atoms with Crippen LogP contribution in [0.25, 0.3) is 11.3 Å². The molecule has 4 rings (SSSR count). The molecule has 2 amide bonds. The number of halogens is 1. The molecule has 31 heavy (non-hydrogen) atoms. The van der Waals surface area contributed by atoms with E-state index in [9.17, 15) is 4.79 Å². The number of para-hydroxylation sites is 1. The van der Waals surface area contributed by atoms with Gasteiger partial charge in [0.25, 0.3) is 0 Å². The van der Waals surface area contributed by atoms with Crippen molar-refractivity contribution in [3.8, 4) is 17.0 Å². The fourth-order valence-corrected chi connectivity index (χ4v) is 3.69. The first-order valence-corrected chi connectivity index (χ1v) is 10.5. The van der Waals surface area contributed by atoms with Crippen molar-refractivity contribution in [3.05, 3.63) is 65.2 Å². The van der Waals surface area contributed by atoms with Gasteiger partial charge in [-0.15, -0.1) is 10.2 Å². The molecule has 1 aliphatic heterocycles. The summed E-state index contributed by atoms with van der Waals surface area (Å²) in [6.45, 7) is 4.50. The molecule has 0 bridgehead atoms. The fraction of sp³-hybridized carbons (Fsp3) is 0.261. The zero-order chi connectivity index (χ0) is 21.8. The number of anilines is 2. The van der Waals surface area contributed by atoms with Crippen LogP contribution >= 0.6 is 11.6 Å². The van der Waals surface area contributed by atoms with E-state index in [0.29, 0.717) is 36.9 Å². The molecule has 0 unspecified atom stereocenters. The van der Waals surface area contributed by atoms with E-state index in [1.807, 2.05) is 55.5 Å². The van der Waals surface area contributed by atoms with Gasteiger partial charge >= 0.3 is 6.03 Å². The molecule has 1 saturated heterocycles. The number of piperazine rings is 1. The summed E-state index contributed by atoms with van der Waals surface area (Å²) in [6.07, 6.45) is 0. The van der Waals surface area contributed by atoms with Gasteiger partial charge < -0.3 is 19.9 Å². The van der Waals surface area contributed by atoms with E-state index in [1.165, 1.54) is 0 Å². The second-order valence-electron chi connectivity index (χ2n) is 7.35. The van der Waals surface area contributed by atoms with Gasteiger partial charge in [0.05, 0.1) is 12.8 Å². The molecular formula is C23H24ClN5O2. The standard InChI is InChI=1S/C23H24ClN5O2/c1-16-7-8-17(15-19(16)24)25-23(30)29-13-11-28(12-14-29)22-10-9-20(26-27-22)18-5-3-4-6-21(18)31-2/h3-10,15H,11-14H2,1-2H3,(H,25,30). The fourth-order valence-electron chi connectivity index (χ4n) is 3.51. The third kappa shape index (κ3) is 4.72. The number of ether oxygens (including phenoxy) is 1. The molecule has 0 radical (unpaired) electrons. The molecule has 1 fully saturated rings. The predicted octanol–water partition coefficient (Wildman–Crippen LogP) is 4.47. The van der Waals surface area contributed by atoms with Crippen molar-refractivity contribution in [2.24, 2.45) is 0 Å². The topological polar surface area (TPSA) is 70.6 Å². The number of aromatic nitrogens is 2. The van der Waals surface area contributed by atoms with Crippen molar-refractivity contribution in [2.45, 2.75) is 6.92 Å². The monoisotopic (exact) mass is 437 g/mol. The minimum absolute atomic E-state index is 0.128. The second kappa shape index (κ2) is 9.22. The first-order valence-electron chi connectivity index (χ1n) is 10.1. The summed E-state index contributed by atoms with van der Waals surface area (Å²) in [6, 6.07) is 17.0. The van der Waals surface area contributed by atoms with Crippen LogP contribution in [-0.4, -0.2) is 54.4 Å². The molecule has 0 atom stereocenters. The van der Waals surface area contributed by atoms with Gasteiger partial charge in [-0.3, -0.25) is 0 Å². The number of methoxy groups -OCH3 is 1. The summed E-state index contributed by atoms with van der Waals surface area (Å²) in [5.74, 6) is 1.56. The zero-order valence-corrected chi connectivity index (χ0v) is 18.3. The van der Waals surface area contributed by atoms with Crippen molar-refractivity contribution < 1.29 is 9.53 Å². The van der Waals surface area contributed by atoms with E-state index in [0.717, 1.165) is 28.4 Å². The van der Waals surface area contributed by atoms with Crippen LogP contribution in [0.3, 0.4) is 0 Å². The number of aryl methyl sites for hydroxylation is 1.